The second kappa shape index (κ2) is 22.8. The van der Waals surface area contributed by atoms with Crippen LogP contribution in [0.25, 0.3) is 0 Å². The van der Waals surface area contributed by atoms with Gasteiger partial charge in [-0.2, -0.15) is 0 Å². The van der Waals surface area contributed by atoms with E-state index in [1.807, 2.05) is 0 Å². The molecule has 308 valence electrons. The molecule has 4 atom stereocenters. The van der Waals surface area contributed by atoms with Crippen LogP contribution in [0.4, 0.5) is 0 Å². The molecule has 6 N–H and O–H groups in total. The number of carbonyl (C=O) groups excluding carboxylic acids is 5. The van der Waals surface area contributed by atoms with Crippen molar-refractivity contribution in [2.45, 2.75) is 154 Å². The van der Waals surface area contributed by atoms with Gasteiger partial charge in [0.2, 0.25) is 17.7 Å². The Balaban J connectivity index is 1.57. The molecule has 0 radical (unpaired) electrons. The summed E-state index contributed by atoms with van der Waals surface area (Å²) in [6.07, 6.45) is 11.2. The molecule has 1 fully saturated rings. The lowest BCUT2D eigenvalue weighted by atomic mass is 10.0. The number of hydroxylamine groups is 4. The van der Waals surface area contributed by atoms with Gasteiger partial charge in [-0.3, -0.25) is 29.6 Å². The van der Waals surface area contributed by atoms with Crippen LogP contribution in [-0.4, -0.2) is 110 Å². The monoisotopic (exact) mass is 775 g/mol. The molecular formula is C39H61N5O11. The number of aliphatic imine (C=N–C) groups is 1. The minimum absolute atomic E-state index is 0.0281. The number of amides is 4. The predicted octanol–water partition coefficient (Wildman–Crippen LogP) is 4.64. The zero-order valence-electron chi connectivity index (χ0n) is 32.6. The number of ether oxygens (including phenoxy) is 2. The molecule has 0 bridgehead atoms. The first-order chi connectivity index (χ1) is 26.2. The van der Waals surface area contributed by atoms with Crippen molar-refractivity contribution in [1.29, 1.82) is 0 Å². The number of unbranched alkanes of at least 4 members (excludes halogenated alkanes) is 9. The molecule has 0 spiro atoms. The van der Waals surface area contributed by atoms with Crippen molar-refractivity contribution in [3.63, 3.8) is 0 Å². The van der Waals surface area contributed by atoms with Gasteiger partial charge in [0.1, 0.15) is 24.8 Å². The van der Waals surface area contributed by atoms with Crippen LogP contribution in [0.5, 0.6) is 11.5 Å². The minimum atomic E-state index is -1.52. The first-order valence-corrected chi connectivity index (χ1v) is 19.8. The number of nitrogens with one attached hydrogen (secondary N) is 2. The number of nitrogens with zero attached hydrogens (tertiary/aromatic N) is 3. The summed E-state index contributed by atoms with van der Waals surface area (Å²) in [7, 11) is 0. The molecule has 16 nitrogen and oxygen atoms in total. The lowest BCUT2D eigenvalue weighted by Gasteiger charge is -2.25. The second-order valence-corrected chi connectivity index (χ2v) is 14.8. The van der Waals surface area contributed by atoms with E-state index in [0.29, 0.717) is 48.7 Å². The Morgan fingerprint density at radius 1 is 1.04 bits per heavy atom. The summed E-state index contributed by atoms with van der Waals surface area (Å²) in [5.41, 5.74) is -1.44. The van der Waals surface area contributed by atoms with Crippen LogP contribution in [0.2, 0.25) is 0 Å². The topological polar surface area (TPSA) is 228 Å². The lowest BCUT2D eigenvalue weighted by molar-refractivity contribution is -0.167. The number of para-hydroxylation sites is 1. The number of rotatable bonds is 23. The normalized spacial score (nSPS) is 19.4. The molecule has 0 aliphatic carbocycles. The van der Waals surface area contributed by atoms with E-state index in [-0.39, 0.29) is 56.3 Å². The van der Waals surface area contributed by atoms with E-state index in [9.17, 15) is 44.6 Å². The molecule has 4 unspecified atom stereocenters. The fourth-order valence-corrected chi connectivity index (χ4v) is 6.46. The zero-order chi connectivity index (χ0) is 40.4. The number of carbonyl (C=O) groups is 5. The van der Waals surface area contributed by atoms with E-state index in [4.69, 9.17) is 9.47 Å². The van der Waals surface area contributed by atoms with E-state index in [0.717, 1.165) is 19.3 Å². The summed E-state index contributed by atoms with van der Waals surface area (Å²) in [5.74, 6) is -4.00. The Morgan fingerprint density at radius 2 is 1.73 bits per heavy atom. The molecule has 1 saturated heterocycles. The van der Waals surface area contributed by atoms with Gasteiger partial charge >= 0.3 is 5.97 Å². The van der Waals surface area contributed by atoms with Gasteiger partial charge in [0, 0.05) is 19.5 Å². The van der Waals surface area contributed by atoms with Crippen LogP contribution in [0.15, 0.2) is 23.2 Å². The van der Waals surface area contributed by atoms with Gasteiger partial charge in [-0.25, -0.2) is 19.9 Å². The van der Waals surface area contributed by atoms with Crippen molar-refractivity contribution in [2.24, 2.45) is 4.99 Å². The van der Waals surface area contributed by atoms with Crippen LogP contribution >= 0.6 is 0 Å². The number of hydrogen-bond donors (Lipinski definition) is 6. The standard InChI is InChI=1S/C39H61N5O11/c1-4-5-6-7-8-9-10-11-12-22-33(47)43(52)23-15-14-20-30(37(50)55-27(2)25-32(46)40-29-19-13-16-24-44(53)36(29)49)41-38(51)39(3)26-54-35(42-39)28-18-17-21-31(45)34(28)48/h17-18,21,27,29-30,45,48,52-53H,4-16,19-20,22-26H2,1-3H3,(H,40,46)(H,41,51). The van der Waals surface area contributed by atoms with Crippen molar-refractivity contribution >= 4 is 35.5 Å². The number of benzene rings is 1. The smallest absolute Gasteiger partial charge is 0.328 e. The molecule has 3 rings (SSSR count). The summed E-state index contributed by atoms with van der Waals surface area (Å²) in [6.45, 7) is 5.14. The van der Waals surface area contributed by atoms with E-state index in [2.05, 4.69) is 22.5 Å². The highest BCUT2D eigenvalue weighted by molar-refractivity contribution is 6.02. The zero-order valence-corrected chi connectivity index (χ0v) is 32.6. The second-order valence-electron chi connectivity index (χ2n) is 14.8. The molecule has 2 heterocycles. The molecule has 4 amide bonds. The number of hydrogen-bond acceptors (Lipinski definition) is 12. The Hall–Kier alpha value is -4.44. The molecule has 0 aromatic heterocycles. The van der Waals surface area contributed by atoms with Crippen LogP contribution in [0, 0.1) is 0 Å². The Bertz CT molecular complexity index is 1470. The average Bonchev–Trinajstić information content (AvgIpc) is 3.49. The van der Waals surface area contributed by atoms with Gasteiger partial charge in [0.25, 0.3) is 11.8 Å². The summed E-state index contributed by atoms with van der Waals surface area (Å²) in [5, 5.41) is 46.9. The summed E-state index contributed by atoms with van der Waals surface area (Å²) >= 11 is 0. The van der Waals surface area contributed by atoms with E-state index in [1.165, 1.54) is 64.2 Å². The lowest BCUT2D eigenvalue weighted by Crippen LogP contribution is -2.52. The van der Waals surface area contributed by atoms with Crippen molar-refractivity contribution in [2.75, 3.05) is 19.7 Å². The molecule has 2 aliphatic rings. The quantitative estimate of drug-likeness (QED) is 0.0295. The van der Waals surface area contributed by atoms with E-state index < -0.39 is 58.9 Å². The highest BCUT2D eigenvalue weighted by atomic mass is 16.5. The number of esters is 1. The van der Waals surface area contributed by atoms with Crippen molar-refractivity contribution in [3.05, 3.63) is 23.8 Å². The third kappa shape index (κ3) is 14.6. The van der Waals surface area contributed by atoms with Crippen LogP contribution in [0.3, 0.4) is 0 Å². The third-order valence-corrected chi connectivity index (χ3v) is 9.85. The first kappa shape index (κ1) is 45.0. The fraction of sp³-hybridized carbons (Fsp3) is 0.692. The maximum absolute atomic E-state index is 13.6. The van der Waals surface area contributed by atoms with Crippen LogP contribution < -0.4 is 10.6 Å². The van der Waals surface area contributed by atoms with Gasteiger partial charge in [0.05, 0.1) is 12.0 Å². The Labute approximate surface area is 323 Å². The minimum Gasteiger partial charge on any atom is -0.504 e. The van der Waals surface area contributed by atoms with Crippen LogP contribution in [-0.2, 0) is 33.4 Å². The van der Waals surface area contributed by atoms with E-state index >= 15 is 0 Å². The molecule has 16 heteroatoms. The highest BCUT2D eigenvalue weighted by Gasteiger charge is 2.42. The number of phenolic OH excluding ortho intramolecular Hbond substituents is 2. The molecule has 55 heavy (non-hydrogen) atoms. The van der Waals surface area contributed by atoms with Crippen molar-refractivity contribution < 1.29 is 54.1 Å². The fourth-order valence-electron chi connectivity index (χ4n) is 6.46. The van der Waals surface area contributed by atoms with Gasteiger partial charge in [-0.05, 0) is 70.9 Å². The summed E-state index contributed by atoms with van der Waals surface area (Å²) in [4.78, 5) is 69.1. The van der Waals surface area contributed by atoms with Crippen molar-refractivity contribution in [1.82, 2.24) is 20.8 Å². The maximum atomic E-state index is 13.6. The predicted molar refractivity (Wildman–Crippen MR) is 201 cm³/mol. The maximum Gasteiger partial charge on any atom is 0.328 e. The van der Waals surface area contributed by atoms with Crippen LogP contribution in [0.1, 0.15) is 135 Å². The molecule has 1 aromatic rings. The summed E-state index contributed by atoms with van der Waals surface area (Å²) < 4.78 is 11.2. The number of phenols is 2. The summed E-state index contributed by atoms with van der Waals surface area (Å²) in [6, 6.07) is 2.11. The Morgan fingerprint density at radius 3 is 2.44 bits per heavy atom. The third-order valence-electron chi connectivity index (χ3n) is 9.85. The molecule has 0 saturated carbocycles. The van der Waals surface area contributed by atoms with Gasteiger partial charge < -0.3 is 30.3 Å². The SMILES string of the molecule is CCCCCCCCCCCC(=O)N(O)CCCCC(NC(=O)C1(C)COC(c2cccc(O)c2O)=N1)C(=O)OC(C)CC(=O)NC1CCCCN(O)C1=O. The molecular weight excluding hydrogens is 714 g/mol. The number of aromatic hydroxyl groups is 2. The van der Waals surface area contributed by atoms with Gasteiger partial charge in [0.15, 0.2) is 17.0 Å². The largest absolute Gasteiger partial charge is 0.504 e. The van der Waals surface area contributed by atoms with Crippen molar-refractivity contribution in [3.8, 4) is 11.5 Å². The first-order valence-electron chi connectivity index (χ1n) is 19.8. The van der Waals surface area contributed by atoms with Gasteiger partial charge in [-0.1, -0.05) is 64.4 Å². The average molecular weight is 776 g/mol. The molecule has 1 aromatic carbocycles. The molecule has 2 aliphatic heterocycles. The highest BCUT2D eigenvalue weighted by Crippen LogP contribution is 2.32. The van der Waals surface area contributed by atoms with Gasteiger partial charge in [-0.15, -0.1) is 0 Å². The Kier molecular flexibility index (Phi) is 18.7. The van der Waals surface area contributed by atoms with E-state index in [1.54, 1.807) is 0 Å².